The summed E-state index contributed by atoms with van der Waals surface area (Å²) < 4.78 is 5.76. The van der Waals surface area contributed by atoms with Crippen molar-refractivity contribution in [2.45, 2.75) is 149 Å². The second-order valence-corrected chi connectivity index (χ2v) is 9.38. The minimum Gasteiger partial charge on any atom is -0.508 e. The van der Waals surface area contributed by atoms with Crippen molar-refractivity contribution in [3.05, 3.63) is 128 Å². The fourth-order valence-electron chi connectivity index (χ4n) is 4.67. The first kappa shape index (κ1) is 88.6. The van der Waals surface area contributed by atoms with E-state index in [0.29, 0.717) is 16.6 Å². The third-order valence-electron chi connectivity index (χ3n) is 6.83. The standard InChI is InChI=1S/C15H16O.C9H12O.C6H6O.8C2H6.CH2I.2CH3.HI.V.2W/c1-2-5-14(6-3-1)16-12-13-7-10-15(11-13)8-4-9-15;10-7-8-2-5-9(6-8)3-1-4-9;7-6-4-2-1-3-5-6;9*1-2;;;;;;/h1-6,8,11H,7,9-10,12H2;1,3,6,10H,2,4-5,7H2;1-5,7H;8*1-2H3;1H2;2*1H3;1H;;;/q;;;;;;;;;;;3*-1;;;;. The number of halogens is 2. The maximum atomic E-state index is 8.83. The molecule has 2 aromatic rings. The molecule has 2 unspecified atom stereocenters. The Balaban J connectivity index is -0.0000000440. The SMILES string of the molecule is C1=CC2(C=C(COc3ccccc3)CC2)C1.CC.CC.CC.CC.CC.CC.CC.CC.I.OCC1=CC2(C=CC2)CC1.Oc1ccccc1.[CH2-]I.[CH3-].[CH3-].[V].[W].[W]. The van der Waals surface area contributed by atoms with Crippen LogP contribution in [0.15, 0.2) is 108 Å². The molecule has 1 radical (unpaired) electrons. The first-order valence-electron chi connectivity index (χ1n) is 20.2. The summed E-state index contributed by atoms with van der Waals surface area (Å²) in [6.07, 6.45) is 20.9. The number of benzene rings is 2. The number of phenols is 1. The molecule has 0 aliphatic heterocycles. The molecule has 339 valence electrons. The van der Waals surface area contributed by atoms with E-state index in [1.54, 1.807) is 24.3 Å². The van der Waals surface area contributed by atoms with Gasteiger partial charge in [-0.05, 0) is 73.9 Å². The molecule has 0 heterocycles. The maximum Gasteiger partial charge on any atom is 0.119 e. The third-order valence-corrected chi connectivity index (χ3v) is 6.83. The molecule has 6 rings (SSSR count). The van der Waals surface area contributed by atoms with Crippen LogP contribution in [0, 0.1) is 30.6 Å². The Labute approximate surface area is 430 Å². The second kappa shape index (κ2) is 70.9. The van der Waals surface area contributed by atoms with Gasteiger partial charge >= 0.3 is 0 Å². The zero-order chi connectivity index (χ0) is 41.0. The summed E-state index contributed by atoms with van der Waals surface area (Å²) in [5.41, 5.74) is 3.48. The second-order valence-electron chi connectivity index (χ2n) is 9.38. The van der Waals surface area contributed by atoms with E-state index in [9.17, 15) is 0 Å². The number of hydrogen-bond donors (Lipinski definition) is 2. The average Bonchev–Trinajstić information content (AvgIpc) is 3.89. The van der Waals surface area contributed by atoms with Crippen LogP contribution in [0.3, 0.4) is 0 Å². The number of rotatable bonds is 4. The quantitative estimate of drug-likeness (QED) is 0.182. The van der Waals surface area contributed by atoms with Crippen LogP contribution in [0.5, 0.6) is 11.5 Å². The van der Waals surface area contributed by atoms with E-state index in [0.717, 1.165) is 18.8 Å². The molecule has 2 atom stereocenters. The Hall–Kier alpha value is 0.381. The molecule has 0 saturated heterocycles. The van der Waals surface area contributed by atoms with Gasteiger partial charge in [-0.3, -0.25) is 4.93 Å². The van der Waals surface area contributed by atoms with Crippen molar-refractivity contribution in [2.75, 3.05) is 13.2 Å². The topological polar surface area (TPSA) is 49.7 Å². The van der Waals surface area contributed by atoms with Crippen molar-refractivity contribution in [1.29, 1.82) is 0 Å². The van der Waals surface area contributed by atoms with E-state index in [4.69, 9.17) is 14.9 Å². The Morgan fingerprint density at radius 2 is 0.877 bits per heavy atom. The van der Waals surface area contributed by atoms with Gasteiger partial charge in [-0.25, -0.2) is 0 Å². The Bertz CT molecular complexity index is 1050. The van der Waals surface area contributed by atoms with Gasteiger partial charge in [0.1, 0.15) is 18.1 Å². The van der Waals surface area contributed by atoms with Crippen LogP contribution in [0.1, 0.15) is 149 Å². The van der Waals surface area contributed by atoms with Gasteiger partial charge in [0.25, 0.3) is 0 Å². The normalized spacial score (nSPS) is 15.8. The number of allylic oxidation sites excluding steroid dienone is 6. The number of aliphatic hydroxyl groups excluding tert-OH is 1. The van der Waals surface area contributed by atoms with E-state index in [1.807, 2.05) is 170 Å². The summed E-state index contributed by atoms with van der Waals surface area (Å²) >= 11 is 1.90. The molecular weight excluding hydrogens is 1310 g/mol. The minimum absolute atomic E-state index is 0. The van der Waals surface area contributed by atoms with E-state index in [-0.39, 0.29) is 106 Å². The maximum absolute atomic E-state index is 8.83. The van der Waals surface area contributed by atoms with Crippen LogP contribution < -0.4 is 4.74 Å². The smallest absolute Gasteiger partial charge is 0.119 e. The fourth-order valence-corrected chi connectivity index (χ4v) is 4.67. The molecule has 0 fully saturated rings. The molecule has 57 heavy (non-hydrogen) atoms. The molecule has 2 aromatic carbocycles. The van der Waals surface area contributed by atoms with Gasteiger partial charge in [0, 0.05) is 71.5 Å². The summed E-state index contributed by atoms with van der Waals surface area (Å²) in [6.45, 7) is 33.0. The van der Waals surface area contributed by atoms with E-state index in [1.165, 1.54) is 43.3 Å². The van der Waals surface area contributed by atoms with Crippen molar-refractivity contribution in [1.82, 2.24) is 0 Å². The largest absolute Gasteiger partial charge is 0.508 e. The molecule has 0 aromatic heterocycles. The first-order valence-corrected chi connectivity index (χ1v) is 21.7. The Morgan fingerprint density at radius 1 is 0.579 bits per heavy atom. The number of ether oxygens (including phenoxy) is 1. The average molecular weight is 1400 g/mol. The van der Waals surface area contributed by atoms with Crippen LogP contribution in [0.4, 0.5) is 0 Å². The zero-order valence-electron chi connectivity index (χ0n) is 40.0. The van der Waals surface area contributed by atoms with Crippen LogP contribution in [0.25, 0.3) is 0 Å². The molecule has 4 aliphatic carbocycles. The van der Waals surface area contributed by atoms with Crippen molar-refractivity contribution < 1.29 is 75.6 Å². The van der Waals surface area contributed by atoms with Crippen LogP contribution in [-0.2, 0) is 60.7 Å². The molecule has 0 saturated carbocycles. The predicted molar refractivity (Wildman–Crippen MR) is 273 cm³/mol. The van der Waals surface area contributed by atoms with Crippen molar-refractivity contribution in [3.63, 3.8) is 0 Å². The molecule has 8 heteroatoms. The van der Waals surface area contributed by atoms with E-state index in [2.05, 4.69) is 41.4 Å². The van der Waals surface area contributed by atoms with E-state index < -0.39 is 0 Å². The number of para-hydroxylation sites is 2. The zero-order valence-corrected chi connectivity index (χ0v) is 51.7. The first-order chi connectivity index (χ1) is 25.1. The summed E-state index contributed by atoms with van der Waals surface area (Å²) in [6, 6.07) is 18.8. The number of hydrogen-bond acceptors (Lipinski definition) is 3. The molecule has 2 N–H and O–H groups in total. The summed E-state index contributed by atoms with van der Waals surface area (Å²) in [4.78, 5) is 3.22. The molecule has 0 amide bonds. The van der Waals surface area contributed by atoms with Crippen LogP contribution >= 0.6 is 46.6 Å². The van der Waals surface area contributed by atoms with Crippen molar-refractivity contribution in [3.8, 4) is 11.5 Å². The summed E-state index contributed by atoms with van der Waals surface area (Å²) in [7, 11) is 0. The van der Waals surface area contributed by atoms with Gasteiger partial charge in [0.2, 0.25) is 0 Å². The molecule has 2 spiro atoms. The minimum atomic E-state index is 0. The molecule has 3 nitrogen and oxygen atoms in total. The molecule has 0 bridgehead atoms. The fraction of sp³-hybridized carbons (Fsp3) is 0.531. The Kier molecular flexibility index (Phi) is 110. The Morgan fingerprint density at radius 3 is 1.11 bits per heavy atom. The van der Waals surface area contributed by atoms with Gasteiger partial charge in [-0.15, -0.1) is 24.0 Å². The van der Waals surface area contributed by atoms with Gasteiger partial charge in [0.05, 0.1) is 6.61 Å². The van der Waals surface area contributed by atoms with Crippen LogP contribution in [-0.4, -0.2) is 23.4 Å². The predicted octanol–water partition coefficient (Wildman–Crippen LogP) is 17.7. The summed E-state index contributed by atoms with van der Waals surface area (Å²) in [5, 5.41) is 17.5. The third kappa shape index (κ3) is 44.3. The number of aliphatic hydroxyl groups is 1. The number of aromatic hydroxyl groups is 1. The monoisotopic (exact) mass is 1400 g/mol. The van der Waals surface area contributed by atoms with Crippen molar-refractivity contribution >= 4 is 46.6 Å². The van der Waals surface area contributed by atoms with E-state index >= 15 is 0 Å². The van der Waals surface area contributed by atoms with Gasteiger partial charge in [-0.1, -0.05) is 184 Å². The summed E-state index contributed by atoms with van der Waals surface area (Å²) in [5.74, 6) is 1.29. The molecular formula is C49H91I2O3VW2-3. The van der Waals surface area contributed by atoms with Gasteiger partial charge in [0.15, 0.2) is 0 Å². The van der Waals surface area contributed by atoms with Crippen molar-refractivity contribution in [2.24, 2.45) is 10.8 Å². The van der Waals surface area contributed by atoms with Crippen LogP contribution in [0.2, 0.25) is 0 Å². The molecule has 4 aliphatic rings. The number of phenolic OH excluding ortho intramolecular Hbond substituents is 1. The van der Waals surface area contributed by atoms with Gasteiger partial charge in [-0.2, -0.15) is 0 Å². The van der Waals surface area contributed by atoms with Gasteiger partial charge < -0.3 is 52.4 Å².